The number of hydrogen-bond acceptors (Lipinski definition) is 3. The SMILES string of the molecule is COC(=O)CC(C)c1ccc(OC)c(Cl)c1. The molecule has 0 fully saturated rings. The van der Waals surface area contributed by atoms with Crippen LogP contribution in [0, 0.1) is 0 Å². The summed E-state index contributed by atoms with van der Waals surface area (Å²) in [6.45, 7) is 1.95. The smallest absolute Gasteiger partial charge is 0.306 e. The van der Waals surface area contributed by atoms with Gasteiger partial charge in [-0.25, -0.2) is 0 Å². The Balaban J connectivity index is 2.80. The Morgan fingerprint density at radius 2 is 2.12 bits per heavy atom. The van der Waals surface area contributed by atoms with Gasteiger partial charge in [-0.3, -0.25) is 4.79 Å². The van der Waals surface area contributed by atoms with E-state index in [2.05, 4.69) is 4.74 Å². The molecule has 0 aliphatic heterocycles. The van der Waals surface area contributed by atoms with Gasteiger partial charge in [0.15, 0.2) is 0 Å². The average Bonchev–Trinajstić information content (AvgIpc) is 2.28. The van der Waals surface area contributed by atoms with Crippen molar-refractivity contribution in [3.63, 3.8) is 0 Å². The zero-order valence-corrected chi connectivity index (χ0v) is 10.4. The van der Waals surface area contributed by atoms with Crippen LogP contribution in [-0.4, -0.2) is 20.2 Å². The summed E-state index contributed by atoms with van der Waals surface area (Å²) in [5, 5.41) is 0.553. The van der Waals surface area contributed by atoms with Crippen molar-refractivity contribution in [1.29, 1.82) is 0 Å². The fourth-order valence-corrected chi connectivity index (χ4v) is 1.71. The van der Waals surface area contributed by atoms with Gasteiger partial charge in [0.25, 0.3) is 0 Å². The second-order valence-corrected chi connectivity index (χ2v) is 3.98. The normalized spacial score (nSPS) is 12.0. The summed E-state index contributed by atoms with van der Waals surface area (Å²) in [7, 11) is 2.95. The largest absolute Gasteiger partial charge is 0.495 e. The van der Waals surface area contributed by atoms with Gasteiger partial charge in [-0.1, -0.05) is 24.6 Å². The van der Waals surface area contributed by atoms with Crippen LogP contribution in [0.1, 0.15) is 24.8 Å². The molecule has 88 valence electrons. The lowest BCUT2D eigenvalue weighted by molar-refractivity contribution is -0.140. The second-order valence-electron chi connectivity index (χ2n) is 3.58. The number of carbonyl (C=O) groups is 1. The number of esters is 1. The number of rotatable bonds is 4. The Kier molecular flexibility index (Phi) is 4.62. The second kappa shape index (κ2) is 5.75. The van der Waals surface area contributed by atoms with E-state index >= 15 is 0 Å². The highest BCUT2D eigenvalue weighted by molar-refractivity contribution is 6.32. The van der Waals surface area contributed by atoms with E-state index < -0.39 is 0 Å². The third-order valence-corrected chi connectivity index (χ3v) is 2.74. The molecule has 0 saturated carbocycles. The van der Waals surface area contributed by atoms with Gasteiger partial charge in [0.05, 0.1) is 25.7 Å². The molecule has 3 nitrogen and oxygen atoms in total. The molecule has 0 amide bonds. The van der Waals surface area contributed by atoms with Gasteiger partial charge >= 0.3 is 5.97 Å². The van der Waals surface area contributed by atoms with Gasteiger partial charge in [-0.05, 0) is 23.6 Å². The highest BCUT2D eigenvalue weighted by Gasteiger charge is 2.13. The van der Waals surface area contributed by atoms with Crippen molar-refractivity contribution in [3.05, 3.63) is 28.8 Å². The Labute approximate surface area is 100 Å². The van der Waals surface area contributed by atoms with Gasteiger partial charge < -0.3 is 9.47 Å². The summed E-state index contributed by atoms with van der Waals surface area (Å²) in [4.78, 5) is 11.1. The minimum Gasteiger partial charge on any atom is -0.495 e. The molecular weight excluding hydrogens is 228 g/mol. The maximum absolute atomic E-state index is 11.1. The number of methoxy groups -OCH3 is 2. The Morgan fingerprint density at radius 1 is 1.44 bits per heavy atom. The van der Waals surface area contributed by atoms with Crippen LogP contribution in [0.15, 0.2) is 18.2 Å². The minimum absolute atomic E-state index is 0.0795. The molecule has 0 N–H and O–H groups in total. The summed E-state index contributed by atoms with van der Waals surface area (Å²) in [5.41, 5.74) is 0.996. The molecule has 0 aliphatic carbocycles. The predicted octanol–water partition coefficient (Wildman–Crippen LogP) is 3.02. The van der Waals surface area contributed by atoms with E-state index in [-0.39, 0.29) is 11.9 Å². The van der Waals surface area contributed by atoms with Crippen molar-refractivity contribution in [1.82, 2.24) is 0 Å². The van der Waals surface area contributed by atoms with Crippen molar-refractivity contribution < 1.29 is 14.3 Å². The third kappa shape index (κ3) is 3.14. The summed E-state index contributed by atoms with van der Waals surface area (Å²) >= 11 is 6.00. The number of carbonyl (C=O) groups excluding carboxylic acids is 1. The van der Waals surface area contributed by atoms with Gasteiger partial charge in [-0.2, -0.15) is 0 Å². The highest BCUT2D eigenvalue weighted by Crippen LogP contribution is 2.29. The molecule has 1 aromatic rings. The average molecular weight is 243 g/mol. The van der Waals surface area contributed by atoms with Gasteiger partial charge in [0.1, 0.15) is 5.75 Å². The Bertz CT molecular complexity index is 377. The van der Waals surface area contributed by atoms with Crippen LogP contribution >= 0.6 is 11.6 Å². The van der Waals surface area contributed by atoms with Crippen molar-refractivity contribution in [2.45, 2.75) is 19.3 Å². The molecule has 0 aromatic heterocycles. The molecule has 0 spiro atoms. The maximum Gasteiger partial charge on any atom is 0.306 e. The molecule has 1 rings (SSSR count). The number of benzene rings is 1. The first-order valence-corrected chi connectivity index (χ1v) is 5.36. The molecule has 0 heterocycles. The molecule has 4 heteroatoms. The van der Waals surface area contributed by atoms with Crippen LogP contribution in [0.5, 0.6) is 5.75 Å². The van der Waals surface area contributed by atoms with Gasteiger partial charge in [0, 0.05) is 0 Å². The van der Waals surface area contributed by atoms with Gasteiger partial charge in [-0.15, -0.1) is 0 Å². The fourth-order valence-electron chi connectivity index (χ4n) is 1.44. The topological polar surface area (TPSA) is 35.5 Å². The van der Waals surface area contributed by atoms with Crippen molar-refractivity contribution in [3.8, 4) is 5.75 Å². The lowest BCUT2D eigenvalue weighted by Gasteiger charge is -2.12. The van der Waals surface area contributed by atoms with E-state index in [0.29, 0.717) is 17.2 Å². The summed E-state index contributed by atoms with van der Waals surface area (Å²) in [5.74, 6) is 0.492. The van der Waals surface area contributed by atoms with E-state index in [1.54, 1.807) is 13.2 Å². The molecule has 16 heavy (non-hydrogen) atoms. The molecule has 0 radical (unpaired) electrons. The summed E-state index contributed by atoms with van der Waals surface area (Å²) in [6.07, 6.45) is 0.346. The fraction of sp³-hybridized carbons (Fsp3) is 0.417. The number of hydrogen-bond donors (Lipinski definition) is 0. The van der Waals surface area contributed by atoms with Crippen molar-refractivity contribution in [2.75, 3.05) is 14.2 Å². The molecule has 1 aromatic carbocycles. The molecule has 1 unspecified atom stereocenters. The zero-order chi connectivity index (χ0) is 12.1. The molecule has 0 bridgehead atoms. The van der Waals surface area contributed by atoms with E-state index in [1.807, 2.05) is 19.1 Å². The maximum atomic E-state index is 11.1. The van der Waals surface area contributed by atoms with E-state index in [9.17, 15) is 4.79 Å². The van der Waals surface area contributed by atoms with Gasteiger partial charge in [0.2, 0.25) is 0 Å². The number of halogens is 1. The third-order valence-electron chi connectivity index (χ3n) is 2.45. The monoisotopic (exact) mass is 242 g/mol. The summed E-state index contributed by atoms with van der Waals surface area (Å²) in [6, 6.07) is 5.51. The van der Waals surface area contributed by atoms with Crippen LogP contribution < -0.4 is 4.74 Å². The zero-order valence-electron chi connectivity index (χ0n) is 9.62. The first kappa shape index (κ1) is 12.8. The van der Waals surface area contributed by atoms with Crippen LogP contribution in [0.4, 0.5) is 0 Å². The van der Waals surface area contributed by atoms with E-state index in [0.717, 1.165) is 5.56 Å². The lowest BCUT2D eigenvalue weighted by atomic mass is 9.98. The van der Waals surface area contributed by atoms with E-state index in [1.165, 1.54) is 7.11 Å². The van der Waals surface area contributed by atoms with Crippen LogP contribution in [0.25, 0.3) is 0 Å². The first-order chi connectivity index (χ1) is 7.58. The first-order valence-electron chi connectivity index (χ1n) is 4.98. The predicted molar refractivity (Wildman–Crippen MR) is 63.1 cm³/mol. The molecule has 0 saturated heterocycles. The van der Waals surface area contributed by atoms with Crippen LogP contribution in [-0.2, 0) is 9.53 Å². The standard InChI is InChI=1S/C12H15ClO3/c1-8(6-12(14)16-3)9-4-5-11(15-2)10(13)7-9/h4-5,7-8H,6H2,1-3H3. The van der Waals surface area contributed by atoms with Crippen LogP contribution in [0.2, 0.25) is 5.02 Å². The number of ether oxygens (including phenoxy) is 2. The highest BCUT2D eigenvalue weighted by atomic mass is 35.5. The van der Waals surface area contributed by atoms with Crippen molar-refractivity contribution >= 4 is 17.6 Å². The summed E-state index contributed by atoms with van der Waals surface area (Å²) < 4.78 is 9.68. The molecule has 0 aliphatic rings. The Hall–Kier alpha value is -1.22. The quantitative estimate of drug-likeness (QED) is 0.762. The Morgan fingerprint density at radius 3 is 2.62 bits per heavy atom. The lowest BCUT2D eigenvalue weighted by Crippen LogP contribution is -2.06. The molecule has 1 atom stereocenters. The van der Waals surface area contributed by atoms with Crippen LogP contribution in [0.3, 0.4) is 0 Å². The van der Waals surface area contributed by atoms with Crippen molar-refractivity contribution in [2.24, 2.45) is 0 Å². The van der Waals surface area contributed by atoms with E-state index in [4.69, 9.17) is 16.3 Å². The minimum atomic E-state index is -0.223. The molecular formula is C12H15ClO3.